The van der Waals surface area contributed by atoms with Gasteiger partial charge in [-0.2, -0.15) is 0 Å². The molecule has 1 aliphatic rings. The van der Waals surface area contributed by atoms with Crippen LogP contribution in [-0.2, 0) is 0 Å². The number of nitrogens with one attached hydrogen (secondary N) is 3. The summed E-state index contributed by atoms with van der Waals surface area (Å²) < 4.78 is 0. The second-order valence-corrected chi connectivity index (χ2v) is 4.85. The van der Waals surface area contributed by atoms with Crippen LogP contribution >= 0.6 is 12.2 Å². The average Bonchev–Trinajstić information content (AvgIpc) is 2.33. The van der Waals surface area contributed by atoms with Crippen LogP contribution in [0.5, 0.6) is 0 Å². The van der Waals surface area contributed by atoms with Gasteiger partial charge in [0.15, 0.2) is 5.11 Å². The van der Waals surface area contributed by atoms with Crippen LogP contribution in [0.25, 0.3) is 0 Å². The van der Waals surface area contributed by atoms with Gasteiger partial charge in [0.05, 0.1) is 0 Å². The Morgan fingerprint density at radius 1 is 1.29 bits per heavy atom. The van der Waals surface area contributed by atoms with E-state index in [9.17, 15) is 0 Å². The molecule has 0 aromatic heterocycles. The summed E-state index contributed by atoms with van der Waals surface area (Å²) in [5, 5.41) is 10.7. The van der Waals surface area contributed by atoms with Crippen LogP contribution in [-0.4, -0.2) is 24.2 Å². The molecular weight excluding hydrogens is 230 g/mol. The fourth-order valence-corrected chi connectivity index (χ4v) is 2.30. The lowest BCUT2D eigenvalue weighted by molar-refractivity contribution is 0.430. The van der Waals surface area contributed by atoms with E-state index in [2.05, 4.69) is 28.9 Å². The smallest absolute Gasteiger partial charge is 0.171 e. The number of rotatable bonds is 2. The van der Waals surface area contributed by atoms with E-state index < -0.39 is 0 Å². The van der Waals surface area contributed by atoms with Gasteiger partial charge in [0, 0.05) is 11.7 Å². The Balaban J connectivity index is 1.86. The van der Waals surface area contributed by atoms with Gasteiger partial charge in [-0.15, -0.1) is 0 Å². The molecule has 0 unspecified atom stereocenters. The molecule has 1 aromatic carbocycles. The predicted molar refractivity (Wildman–Crippen MR) is 76.4 cm³/mol. The molecule has 1 heterocycles. The van der Waals surface area contributed by atoms with Crippen molar-refractivity contribution in [1.82, 2.24) is 10.6 Å². The van der Waals surface area contributed by atoms with Gasteiger partial charge in [0.2, 0.25) is 0 Å². The molecule has 0 atom stereocenters. The zero-order valence-electron chi connectivity index (χ0n) is 10.1. The van der Waals surface area contributed by atoms with E-state index in [-0.39, 0.29) is 0 Å². The summed E-state index contributed by atoms with van der Waals surface area (Å²) in [7, 11) is 0. The average molecular weight is 249 g/mol. The first-order valence-corrected chi connectivity index (χ1v) is 6.50. The van der Waals surface area contributed by atoms with Gasteiger partial charge in [-0.3, -0.25) is 0 Å². The van der Waals surface area contributed by atoms with Crippen molar-refractivity contribution >= 4 is 23.0 Å². The van der Waals surface area contributed by atoms with Crippen molar-refractivity contribution in [3.63, 3.8) is 0 Å². The molecule has 0 aliphatic carbocycles. The number of hydrogen-bond donors (Lipinski definition) is 3. The Kier molecular flexibility index (Phi) is 4.34. The first-order chi connectivity index (χ1) is 8.25. The molecule has 3 nitrogen and oxygen atoms in total. The van der Waals surface area contributed by atoms with Gasteiger partial charge in [0.25, 0.3) is 0 Å². The van der Waals surface area contributed by atoms with Gasteiger partial charge in [-0.05, 0) is 56.7 Å². The van der Waals surface area contributed by atoms with E-state index in [1.165, 1.54) is 5.56 Å². The van der Waals surface area contributed by atoms with Crippen molar-refractivity contribution in [2.75, 3.05) is 18.4 Å². The molecule has 0 amide bonds. The summed E-state index contributed by atoms with van der Waals surface area (Å²) in [4.78, 5) is 0. The standard InChI is InChI=1S/C13H19N3S/c1-10-4-2-3-5-12(10)16-13(17)15-11-6-8-14-9-7-11/h2-5,11,14H,6-9H2,1H3,(H2,15,16,17). The highest BCUT2D eigenvalue weighted by Gasteiger charge is 2.13. The summed E-state index contributed by atoms with van der Waals surface area (Å²) in [5.41, 5.74) is 2.29. The zero-order chi connectivity index (χ0) is 12.1. The second kappa shape index (κ2) is 5.98. The highest BCUT2D eigenvalue weighted by atomic mass is 32.1. The number of para-hydroxylation sites is 1. The third-order valence-electron chi connectivity index (χ3n) is 3.07. The highest BCUT2D eigenvalue weighted by molar-refractivity contribution is 7.80. The summed E-state index contributed by atoms with van der Waals surface area (Å²) >= 11 is 5.33. The molecular formula is C13H19N3S. The maximum atomic E-state index is 5.33. The second-order valence-electron chi connectivity index (χ2n) is 4.44. The van der Waals surface area contributed by atoms with Crippen LogP contribution in [0.3, 0.4) is 0 Å². The lowest BCUT2D eigenvalue weighted by Crippen LogP contribution is -2.44. The lowest BCUT2D eigenvalue weighted by Gasteiger charge is -2.25. The minimum atomic E-state index is 0.500. The fraction of sp³-hybridized carbons (Fsp3) is 0.462. The SMILES string of the molecule is Cc1ccccc1NC(=S)NC1CCNCC1. The van der Waals surface area contributed by atoms with Crippen LogP contribution in [0.1, 0.15) is 18.4 Å². The Morgan fingerprint density at radius 2 is 2.00 bits per heavy atom. The maximum Gasteiger partial charge on any atom is 0.171 e. The van der Waals surface area contributed by atoms with Crippen LogP contribution in [0.2, 0.25) is 0 Å². The molecule has 0 bridgehead atoms. The normalized spacial score (nSPS) is 16.5. The number of anilines is 1. The number of thiocarbonyl (C=S) groups is 1. The van der Waals surface area contributed by atoms with Gasteiger partial charge < -0.3 is 16.0 Å². The zero-order valence-corrected chi connectivity index (χ0v) is 10.9. The molecule has 1 aromatic rings. The molecule has 17 heavy (non-hydrogen) atoms. The van der Waals surface area contributed by atoms with Gasteiger partial charge in [-0.25, -0.2) is 0 Å². The molecule has 92 valence electrons. The summed E-state index contributed by atoms with van der Waals surface area (Å²) in [5.74, 6) is 0. The summed E-state index contributed by atoms with van der Waals surface area (Å²) in [6.45, 7) is 4.23. The van der Waals surface area contributed by atoms with E-state index in [1.54, 1.807) is 0 Å². The quantitative estimate of drug-likeness (QED) is 0.701. The van der Waals surface area contributed by atoms with Crippen LogP contribution < -0.4 is 16.0 Å². The molecule has 2 rings (SSSR count). The van der Waals surface area contributed by atoms with Gasteiger partial charge >= 0.3 is 0 Å². The molecule has 0 radical (unpaired) electrons. The molecule has 1 fully saturated rings. The third-order valence-corrected chi connectivity index (χ3v) is 3.29. The monoisotopic (exact) mass is 249 g/mol. The van der Waals surface area contributed by atoms with Gasteiger partial charge in [0.1, 0.15) is 0 Å². The van der Waals surface area contributed by atoms with Crippen molar-refractivity contribution in [3.05, 3.63) is 29.8 Å². The first-order valence-electron chi connectivity index (χ1n) is 6.09. The van der Waals surface area contributed by atoms with Gasteiger partial charge in [-0.1, -0.05) is 18.2 Å². The molecule has 1 aliphatic heterocycles. The van der Waals surface area contributed by atoms with Crippen LogP contribution in [0.15, 0.2) is 24.3 Å². The van der Waals surface area contributed by atoms with Crippen LogP contribution in [0.4, 0.5) is 5.69 Å². The van der Waals surface area contributed by atoms with E-state index in [1.807, 2.05) is 18.2 Å². The Bertz CT molecular complexity index is 386. The van der Waals surface area contributed by atoms with Crippen molar-refractivity contribution in [2.24, 2.45) is 0 Å². The highest BCUT2D eigenvalue weighted by Crippen LogP contribution is 2.13. The minimum absolute atomic E-state index is 0.500. The molecule has 0 spiro atoms. The topological polar surface area (TPSA) is 36.1 Å². The number of piperidine rings is 1. The van der Waals surface area contributed by atoms with E-state index >= 15 is 0 Å². The lowest BCUT2D eigenvalue weighted by atomic mass is 10.1. The molecule has 1 saturated heterocycles. The molecule has 0 saturated carbocycles. The largest absolute Gasteiger partial charge is 0.360 e. The summed E-state index contributed by atoms with van der Waals surface area (Å²) in [6.07, 6.45) is 2.27. The first kappa shape index (κ1) is 12.3. The fourth-order valence-electron chi connectivity index (χ4n) is 2.02. The Morgan fingerprint density at radius 3 is 2.71 bits per heavy atom. The predicted octanol–water partition coefficient (Wildman–Crippen LogP) is 2.03. The van der Waals surface area contributed by atoms with Crippen LogP contribution in [0, 0.1) is 6.92 Å². The number of benzene rings is 1. The third kappa shape index (κ3) is 3.68. The van der Waals surface area contributed by atoms with Crippen molar-refractivity contribution in [3.8, 4) is 0 Å². The molecule has 3 N–H and O–H groups in total. The van der Waals surface area contributed by atoms with E-state index in [4.69, 9.17) is 12.2 Å². The van der Waals surface area contributed by atoms with Crippen molar-refractivity contribution < 1.29 is 0 Å². The van der Waals surface area contributed by atoms with Crippen molar-refractivity contribution in [2.45, 2.75) is 25.8 Å². The van der Waals surface area contributed by atoms with E-state index in [0.717, 1.165) is 36.7 Å². The maximum absolute atomic E-state index is 5.33. The van der Waals surface area contributed by atoms with E-state index in [0.29, 0.717) is 6.04 Å². The Labute approximate surface area is 108 Å². The minimum Gasteiger partial charge on any atom is -0.360 e. The number of hydrogen-bond acceptors (Lipinski definition) is 2. The Hall–Kier alpha value is -1.13. The van der Waals surface area contributed by atoms with Crippen molar-refractivity contribution in [1.29, 1.82) is 0 Å². The summed E-state index contributed by atoms with van der Waals surface area (Å²) in [6, 6.07) is 8.67. The number of aryl methyl sites for hydroxylation is 1. The molecule has 4 heteroatoms.